The molecule has 0 aromatic carbocycles. The Morgan fingerprint density at radius 3 is 3.25 bits per heavy atom. The number of anilines is 1. The van der Waals surface area contributed by atoms with Gasteiger partial charge in [-0.25, -0.2) is 9.97 Å². The van der Waals surface area contributed by atoms with Crippen LogP contribution >= 0.6 is 11.3 Å². The fraction of sp³-hybridized carbons (Fsp3) is 0.353. The van der Waals surface area contributed by atoms with Gasteiger partial charge in [0.1, 0.15) is 28.8 Å². The zero-order valence-electron chi connectivity index (χ0n) is 13.1. The molecule has 3 aromatic heterocycles. The first-order valence-corrected chi connectivity index (χ1v) is 8.96. The summed E-state index contributed by atoms with van der Waals surface area (Å²) in [7, 11) is 0. The predicted octanol–water partition coefficient (Wildman–Crippen LogP) is 2.61. The Bertz CT molecular complexity index is 830. The highest BCUT2D eigenvalue weighted by Gasteiger charge is 2.32. The predicted molar refractivity (Wildman–Crippen MR) is 93.2 cm³/mol. The standard InChI is InChI=1S/C17H18N4O2S/c22-16(18-7-5-12-3-2-9-23-12)14-4-1-8-21(14)15-13-6-10-24-17(13)20-11-19-15/h2-3,6,9-11,14H,1,4-5,7-8H2,(H,18,22)/t14-/m1/s1. The van der Waals surface area contributed by atoms with E-state index in [0.29, 0.717) is 13.0 Å². The van der Waals surface area contributed by atoms with Crippen LogP contribution in [0.1, 0.15) is 18.6 Å². The topological polar surface area (TPSA) is 71.3 Å². The van der Waals surface area contributed by atoms with E-state index in [0.717, 1.165) is 41.2 Å². The number of hydrogen-bond donors (Lipinski definition) is 1. The van der Waals surface area contributed by atoms with Crippen molar-refractivity contribution in [3.05, 3.63) is 41.9 Å². The number of amides is 1. The molecule has 4 rings (SSSR count). The second kappa shape index (κ2) is 6.60. The monoisotopic (exact) mass is 342 g/mol. The number of nitrogens with one attached hydrogen (secondary N) is 1. The van der Waals surface area contributed by atoms with Gasteiger partial charge >= 0.3 is 0 Å². The molecule has 3 aromatic rings. The van der Waals surface area contributed by atoms with Crippen LogP contribution < -0.4 is 10.2 Å². The van der Waals surface area contributed by atoms with Gasteiger partial charge in [0.25, 0.3) is 0 Å². The second-order valence-corrected chi connectivity index (χ2v) is 6.70. The molecule has 124 valence electrons. The number of furan rings is 1. The molecule has 1 atom stereocenters. The highest BCUT2D eigenvalue weighted by Crippen LogP contribution is 2.31. The molecule has 1 fully saturated rings. The number of rotatable bonds is 5. The Kier molecular flexibility index (Phi) is 4.17. The van der Waals surface area contributed by atoms with Gasteiger partial charge in [-0.15, -0.1) is 11.3 Å². The summed E-state index contributed by atoms with van der Waals surface area (Å²) in [5, 5.41) is 6.06. The van der Waals surface area contributed by atoms with Crippen molar-refractivity contribution in [3.8, 4) is 0 Å². The molecule has 1 amide bonds. The number of aromatic nitrogens is 2. The molecule has 7 heteroatoms. The third kappa shape index (κ3) is 2.87. The van der Waals surface area contributed by atoms with Crippen LogP contribution in [0.5, 0.6) is 0 Å². The lowest BCUT2D eigenvalue weighted by Gasteiger charge is -2.25. The molecule has 0 aliphatic carbocycles. The molecule has 0 radical (unpaired) electrons. The second-order valence-electron chi connectivity index (χ2n) is 5.81. The van der Waals surface area contributed by atoms with Crippen molar-refractivity contribution in [2.75, 3.05) is 18.0 Å². The Hall–Kier alpha value is -2.41. The summed E-state index contributed by atoms with van der Waals surface area (Å²) in [5.41, 5.74) is 0. The van der Waals surface area contributed by atoms with E-state index in [1.54, 1.807) is 23.9 Å². The van der Waals surface area contributed by atoms with Crippen LogP contribution in [0.15, 0.2) is 40.6 Å². The Morgan fingerprint density at radius 2 is 2.38 bits per heavy atom. The van der Waals surface area contributed by atoms with Crippen molar-refractivity contribution < 1.29 is 9.21 Å². The van der Waals surface area contributed by atoms with E-state index < -0.39 is 0 Å². The van der Waals surface area contributed by atoms with Gasteiger partial charge in [-0.2, -0.15) is 0 Å². The number of nitrogens with zero attached hydrogens (tertiary/aromatic N) is 3. The molecule has 1 N–H and O–H groups in total. The highest BCUT2D eigenvalue weighted by molar-refractivity contribution is 7.16. The molecular formula is C17H18N4O2S. The first-order valence-electron chi connectivity index (χ1n) is 8.08. The van der Waals surface area contributed by atoms with Gasteiger partial charge in [-0.1, -0.05) is 0 Å². The van der Waals surface area contributed by atoms with Crippen molar-refractivity contribution >= 4 is 33.3 Å². The number of hydrogen-bond acceptors (Lipinski definition) is 6. The SMILES string of the molecule is O=C(NCCc1ccco1)[C@H]1CCCN1c1ncnc2sccc12. The van der Waals surface area contributed by atoms with E-state index in [1.165, 1.54) is 0 Å². The Balaban J connectivity index is 1.46. The molecule has 24 heavy (non-hydrogen) atoms. The zero-order chi connectivity index (χ0) is 16.4. The average Bonchev–Trinajstić information content (AvgIpc) is 3.34. The third-order valence-corrected chi connectivity index (χ3v) is 5.14. The van der Waals surface area contributed by atoms with Gasteiger partial charge in [-0.3, -0.25) is 4.79 Å². The molecule has 1 aliphatic rings. The first kappa shape index (κ1) is 15.1. The molecule has 0 saturated carbocycles. The lowest BCUT2D eigenvalue weighted by Crippen LogP contribution is -2.44. The molecule has 4 heterocycles. The fourth-order valence-electron chi connectivity index (χ4n) is 3.18. The summed E-state index contributed by atoms with van der Waals surface area (Å²) >= 11 is 1.59. The van der Waals surface area contributed by atoms with Crippen molar-refractivity contribution in [1.29, 1.82) is 0 Å². The Labute approximate surface area is 143 Å². The maximum absolute atomic E-state index is 12.6. The van der Waals surface area contributed by atoms with E-state index >= 15 is 0 Å². The number of carbonyl (C=O) groups is 1. The van der Waals surface area contributed by atoms with Crippen molar-refractivity contribution in [2.24, 2.45) is 0 Å². The van der Waals surface area contributed by atoms with Crippen LogP contribution in [0.4, 0.5) is 5.82 Å². The molecule has 0 spiro atoms. The van der Waals surface area contributed by atoms with Crippen molar-refractivity contribution in [3.63, 3.8) is 0 Å². The molecule has 1 aliphatic heterocycles. The van der Waals surface area contributed by atoms with E-state index in [-0.39, 0.29) is 11.9 Å². The number of thiophene rings is 1. The smallest absolute Gasteiger partial charge is 0.242 e. The van der Waals surface area contributed by atoms with Crippen molar-refractivity contribution in [2.45, 2.75) is 25.3 Å². The van der Waals surface area contributed by atoms with Crippen LogP contribution in [0.3, 0.4) is 0 Å². The third-order valence-electron chi connectivity index (χ3n) is 4.32. The quantitative estimate of drug-likeness (QED) is 0.772. The van der Waals surface area contributed by atoms with Gasteiger partial charge < -0.3 is 14.6 Å². The minimum absolute atomic E-state index is 0.0565. The molecule has 1 saturated heterocycles. The maximum atomic E-state index is 12.6. The fourth-order valence-corrected chi connectivity index (χ4v) is 3.91. The van der Waals surface area contributed by atoms with Crippen LogP contribution in [0.2, 0.25) is 0 Å². The van der Waals surface area contributed by atoms with Crippen molar-refractivity contribution in [1.82, 2.24) is 15.3 Å². The summed E-state index contributed by atoms with van der Waals surface area (Å²) in [6, 6.07) is 5.64. The molecule has 6 nitrogen and oxygen atoms in total. The van der Waals surface area contributed by atoms with E-state index in [1.807, 2.05) is 23.6 Å². The van der Waals surface area contributed by atoms with E-state index in [2.05, 4.69) is 20.2 Å². The zero-order valence-corrected chi connectivity index (χ0v) is 14.0. The minimum atomic E-state index is -0.167. The largest absolute Gasteiger partial charge is 0.469 e. The van der Waals surface area contributed by atoms with Crippen LogP contribution in [-0.2, 0) is 11.2 Å². The minimum Gasteiger partial charge on any atom is -0.469 e. The summed E-state index contributed by atoms with van der Waals surface area (Å²) in [5.74, 6) is 1.81. The van der Waals surface area contributed by atoms with Gasteiger partial charge in [0.15, 0.2) is 0 Å². The van der Waals surface area contributed by atoms with Crippen LogP contribution in [-0.4, -0.2) is 35.0 Å². The average molecular weight is 342 g/mol. The van der Waals surface area contributed by atoms with E-state index in [9.17, 15) is 4.79 Å². The lowest BCUT2D eigenvalue weighted by atomic mass is 10.2. The van der Waals surface area contributed by atoms with Crippen LogP contribution in [0, 0.1) is 0 Å². The van der Waals surface area contributed by atoms with E-state index in [4.69, 9.17) is 4.42 Å². The summed E-state index contributed by atoms with van der Waals surface area (Å²) in [6.07, 6.45) is 5.78. The highest BCUT2D eigenvalue weighted by atomic mass is 32.1. The normalized spacial score (nSPS) is 17.5. The maximum Gasteiger partial charge on any atom is 0.242 e. The number of fused-ring (bicyclic) bond motifs is 1. The molecular weight excluding hydrogens is 324 g/mol. The summed E-state index contributed by atoms with van der Waals surface area (Å²) < 4.78 is 5.29. The molecule has 0 bridgehead atoms. The van der Waals surface area contributed by atoms with Gasteiger partial charge in [-0.05, 0) is 36.4 Å². The summed E-state index contributed by atoms with van der Waals surface area (Å²) in [4.78, 5) is 24.4. The molecule has 0 unspecified atom stereocenters. The van der Waals surface area contributed by atoms with Gasteiger partial charge in [0.2, 0.25) is 5.91 Å². The Morgan fingerprint density at radius 1 is 1.42 bits per heavy atom. The number of carbonyl (C=O) groups excluding carboxylic acids is 1. The van der Waals surface area contributed by atoms with Gasteiger partial charge in [0, 0.05) is 19.5 Å². The summed E-state index contributed by atoms with van der Waals surface area (Å²) in [6.45, 7) is 1.42. The van der Waals surface area contributed by atoms with Gasteiger partial charge in [0.05, 0.1) is 11.6 Å². The van der Waals surface area contributed by atoms with Crippen LogP contribution in [0.25, 0.3) is 10.2 Å². The first-order chi connectivity index (χ1) is 11.8. The lowest BCUT2D eigenvalue weighted by molar-refractivity contribution is -0.122.